The fourth-order valence-electron chi connectivity index (χ4n) is 3.35. The molecule has 4 rings (SSSR count). The number of thiazole rings is 1. The van der Waals surface area contributed by atoms with Crippen LogP contribution < -0.4 is 0 Å². The summed E-state index contributed by atoms with van der Waals surface area (Å²) >= 11 is 1.54. The van der Waals surface area contributed by atoms with E-state index in [0.717, 1.165) is 28.6 Å². The van der Waals surface area contributed by atoms with Crippen LogP contribution in [0.25, 0.3) is 10.2 Å². The third-order valence-electron chi connectivity index (χ3n) is 4.79. The van der Waals surface area contributed by atoms with Crippen LogP contribution in [0.5, 0.6) is 0 Å². The lowest BCUT2D eigenvalue weighted by Crippen LogP contribution is -2.40. The van der Waals surface area contributed by atoms with Crippen LogP contribution in [0, 0.1) is 5.92 Å². The first-order valence-corrected chi connectivity index (χ1v) is 9.32. The second-order valence-corrected chi connectivity index (χ2v) is 7.22. The molecule has 1 amide bonds. The third kappa shape index (κ3) is 3.20. The van der Waals surface area contributed by atoms with Gasteiger partial charge in [0.05, 0.1) is 15.7 Å². The summed E-state index contributed by atoms with van der Waals surface area (Å²) in [6, 6.07) is 15.1. The number of benzene rings is 2. The normalized spacial score (nSPS) is 15.4. The fraction of sp³-hybridized carbons (Fsp3) is 0.250. The number of hydrogen-bond acceptors (Lipinski definition) is 4. The van der Waals surface area contributed by atoms with E-state index in [-0.39, 0.29) is 17.6 Å². The van der Waals surface area contributed by atoms with Gasteiger partial charge in [0.15, 0.2) is 5.78 Å². The van der Waals surface area contributed by atoms with Gasteiger partial charge in [0, 0.05) is 30.1 Å². The molecule has 1 saturated heterocycles. The zero-order valence-electron chi connectivity index (χ0n) is 13.7. The van der Waals surface area contributed by atoms with Gasteiger partial charge in [0.25, 0.3) is 5.91 Å². The number of hydrogen-bond donors (Lipinski definition) is 0. The van der Waals surface area contributed by atoms with Crippen LogP contribution in [0.1, 0.15) is 33.6 Å². The topological polar surface area (TPSA) is 50.3 Å². The van der Waals surface area contributed by atoms with Crippen molar-refractivity contribution in [2.75, 3.05) is 13.1 Å². The SMILES string of the molecule is O=C(c1ccccc1)C1CCN(C(=O)c2ccc3ncsc3c2)CC1. The number of amides is 1. The van der Waals surface area contributed by atoms with E-state index in [1.165, 1.54) is 0 Å². The molecule has 0 N–H and O–H groups in total. The highest BCUT2D eigenvalue weighted by Gasteiger charge is 2.28. The van der Waals surface area contributed by atoms with Crippen LogP contribution in [-0.2, 0) is 0 Å². The Morgan fingerprint density at radius 1 is 1.00 bits per heavy atom. The largest absolute Gasteiger partial charge is 0.339 e. The second kappa shape index (κ2) is 6.76. The van der Waals surface area contributed by atoms with Gasteiger partial charge in [-0.2, -0.15) is 0 Å². The van der Waals surface area contributed by atoms with E-state index in [4.69, 9.17) is 0 Å². The highest BCUT2D eigenvalue weighted by Crippen LogP contribution is 2.24. The first-order valence-electron chi connectivity index (χ1n) is 8.44. The molecule has 0 saturated carbocycles. The lowest BCUT2D eigenvalue weighted by atomic mass is 9.88. The van der Waals surface area contributed by atoms with Crippen molar-refractivity contribution in [3.05, 3.63) is 65.2 Å². The molecule has 0 aliphatic carbocycles. The van der Waals surface area contributed by atoms with Crippen LogP contribution in [0.15, 0.2) is 54.0 Å². The van der Waals surface area contributed by atoms with Crippen molar-refractivity contribution in [1.29, 1.82) is 0 Å². The number of piperidine rings is 1. The van der Waals surface area contributed by atoms with Gasteiger partial charge >= 0.3 is 0 Å². The Kier molecular flexibility index (Phi) is 4.32. The number of aromatic nitrogens is 1. The first kappa shape index (κ1) is 16.0. The predicted molar refractivity (Wildman–Crippen MR) is 99.0 cm³/mol. The molecular weight excluding hydrogens is 332 g/mol. The zero-order chi connectivity index (χ0) is 17.2. The first-order chi connectivity index (χ1) is 12.2. The summed E-state index contributed by atoms with van der Waals surface area (Å²) in [6.07, 6.45) is 1.45. The number of nitrogens with zero attached hydrogens (tertiary/aromatic N) is 2. The second-order valence-electron chi connectivity index (χ2n) is 6.33. The molecule has 1 aliphatic rings. The monoisotopic (exact) mass is 350 g/mol. The summed E-state index contributed by atoms with van der Waals surface area (Å²) in [4.78, 5) is 31.4. The average Bonchev–Trinajstić information content (AvgIpc) is 3.15. The van der Waals surface area contributed by atoms with Crippen LogP contribution in [0.2, 0.25) is 0 Å². The zero-order valence-corrected chi connectivity index (χ0v) is 14.5. The van der Waals surface area contributed by atoms with Gasteiger partial charge in [-0.25, -0.2) is 4.98 Å². The molecule has 0 bridgehead atoms. The third-order valence-corrected chi connectivity index (χ3v) is 5.58. The van der Waals surface area contributed by atoms with Crippen LogP contribution in [-0.4, -0.2) is 34.7 Å². The molecule has 25 heavy (non-hydrogen) atoms. The molecule has 2 heterocycles. The summed E-state index contributed by atoms with van der Waals surface area (Å²) in [5.74, 6) is 0.245. The van der Waals surface area contributed by atoms with E-state index in [1.54, 1.807) is 16.8 Å². The Morgan fingerprint density at radius 3 is 2.52 bits per heavy atom. The summed E-state index contributed by atoms with van der Waals surface area (Å²) in [7, 11) is 0. The number of fused-ring (bicyclic) bond motifs is 1. The Bertz CT molecular complexity index is 912. The van der Waals surface area contributed by atoms with Gasteiger partial charge in [-0.15, -0.1) is 11.3 Å². The van der Waals surface area contributed by atoms with Gasteiger partial charge in [-0.1, -0.05) is 30.3 Å². The van der Waals surface area contributed by atoms with Crippen LogP contribution >= 0.6 is 11.3 Å². The minimum Gasteiger partial charge on any atom is -0.339 e. The van der Waals surface area contributed by atoms with Gasteiger partial charge in [0.2, 0.25) is 0 Å². The van der Waals surface area contributed by atoms with Crippen molar-refractivity contribution in [2.45, 2.75) is 12.8 Å². The van der Waals surface area contributed by atoms with Crippen LogP contribution in [0.3, 0.4) is 0 Å². The Morgan fingerprint density at radius 2 is 1.76 bits per heavy atom. The van der Waals surface area contributed by atoms with E-state index in [2.05, 4.69) is 4.98 Å². The molecule has 0 radical (unpaired) electrons. The summed E-state index contributed by atoms with van der Waals surface area (Å²) in [5, 5.41) is 0. The molecule has 1 fully saturated rings. The molecule has 0 atom stereocenters. The van der Waals surface area contributed by atoms with E-state index in [1.807, 2.05) is 53.4 Å². The van der Waals surface area contributed by atoms with Crippen molar-refractivity contribution in [1.82, 2.24) is 9.88 Å². The highest BCUT2D eigenvalue weighted by atomic mass is 32.1. The van der Waals surface area contributed by atoms with E-state index < -0.39 is 0 Å². The van der Waals surface area contributed by atoms with Gasteiger partial charge in [-0.05, 0) is 31.0 Å². The van der Waals surface area contributed by atoms with E-state index >= 15 is 0 Å². The number of likely N-dealkylation sites (tertiary alicyclic amines) is 1. The summed E-state index contributed by atoms with van der Waals surface area (Å²) in [5.41, 5.74) is 4.18. The van der Waals surface area contributed by atoms with Crippen LogP contribution in [0.4, 0.5) is 0 Å². The molecule has 0 spiro atoms. The molecule has 126 valence electrons. The lowest BCUT2D eigenvalue weighted by molar-refractivity contribution is 0.0650. The molecule has 5 heteroatoms. The molecule has 1 aromatic heterocycles. The standard InChI is InChI=1S/C20H18N2O2S/c23-19(14-4-2-1-3-5-14)15-8-10-22(11-9-15)20(24)16-6-7-17-18(12-16)25-13-21-17/h1-7,12-13,15H,8-11H2. The highest BCUT2D eigenvalue weighted by molar-refractivity contribution is 7.16. The Labute approximate surface area is 150 Å². The number of carbonyl (C=O) groups is 2. The van der Waals surface area contributed by atoms with Crippen molar-refractivity contribution < 1.29 is 9.59 Å². The Hall–Kier alpha value is -2.53. The summed E-state index contributed by atoms with van der Waals surface area (Å²) < 4.78 is 1.03. The number of rotatable bonds is 3. The average molecular weight is 350 g/mol. The maximum atomic E-state index is 12.7. The minimum atomic E-state index is 0.00965. The van der Waals surface area contributed by atoms with Gasteiger partial charge < -0.3 is 4.90 Å². The smallest absolute Gasteiger partial charge is 0.253 e. The number of ketones is 1. The molecule has 4 nitrogen and oxygen atoms in total. The summed E-state index contributed by atoms with van der Waals surface area (Å²) in [6.45, 7) is 1.26. The van der Waals surface area contributed by atoms with Crippen molar-refractivity contribution in [3.63, 3.8) is 0 Å². The lowest BCUT2D eigenvalue weighted by Gasteiger charge is -2.31. The van der Waals surface area contributed by atoms with E-state index in [0.29, 0.717) is 18.7 Å². The van der Waals surface area contributed by atoms with Crippen molar-refractivity contribution in [2.24, 2.45) is 5.92 Å². The van der Waals surface area contributed by atoms with Crippen molar-refractivity contribution in [3.8, 4) is 0 Å². The maximum Gasteiger partial charge on any atom is 0.253 e. The molecule has 1 aliphatic heterocycles. The number of carbonyl (C=O) groups excluding carboxylic acids is 2. The number of Topliss-reactive ketones (excluding diaryl/α,β-unsaturated/α-hetero) is 1. The minimum absolute atomic E-state index is 0.00965. The van der Waals surface area contributed by atoms with Crippen molar-refractivity contribution >= 4 is 33.2 Å². The maximum absolute atomic E-state index is 12.7. The molecule has 2 aromatic carbocycles. The Balaban J connectivity index is 1.42. The molecule has 3 aromatic rings. The molecular formula is C20H18N2O2S. The quantitative estimate of drug-likeness (QED) is 0.670. The van der Waals surface area contributed by atoms with E-state index in [9.17, 15) is 9.59 Å². The predicted octanol–water partition coefficient (Wildman–Crippen LogP) is 4.03. The molecule has 0 unspecified atom stereocenters. The fourth-order valence-corrected chi connectivity index (χ4v) is 4.07. The van der Waals surface area contributed by atoms with Gasteiger partial charge in [-0.3, -0.25) is 9.59 Å². The van der Waals surface area contributed by atoms with Gasteiger partial charge in [0.1, 0.15) is 0 Å².